The highest BCUT2D eigenvalue weighted by atomic mass is 32.1. The molecular formula is C20H18F4N4O3S. The first kappa shape index (κ1) is 23.5. The van der Waals surface area contributed by atoms with Gasteiger partial charge in [0.15, 0.2) is 0 Å². The number of carbonyl (C=O) groups excluding carboxylic acids is 1. The van der Waals surface area contributed by atoms with Crippen molar-refractivity contribution in [2.24, 2.45) is 0 Å². The topological polar surface area (TPSA) is 97.2 Å². The largest absolute Gasteiger partial charge is 0.491 e. The molecule has 0 saturated carbocycles. The minimum absolute atomic E-state index is 0.0502. The maximum atomic E-state index is 15.2. The quantitative estimate of drug-likeness (QED) is 0.511. The summed E-state index contributed by atoms with van der Waals surface area (Å²) in [6.07, 6.45) is -2.05. The van der Waals surface area contributed by atoms with Crippen molar-refractivity contribution in [2.45, 2.75) is 32.7 Å². The van der Waals surface area contributed by atoms with Crippen molar-refractivity contribution in [3.05, 3.63) is 58.4 Å². The minimum Gasteiger partial charge on any atom is -0.491 e. The van der Waals surface area contributed by atoms with Crippen LogP contribution >= 0.6 is 11.3 Å². The number of hydrogen-bond acceptors (Lipinski definition) is 7. The number of thiazole rings is 1. The molecule has 0 radical (unpaired) electrons. The molecule has 32 heavy (non-hydrogen) atoms. The van der Waals surface area contributed by atoms with Gasteiger partial charge >= 0.3 is 6.18 Å². The fraction of sp³-hybridized carbons (Fsp3) is 0.300. The molecule has 3 rings (SSSR count). The number of ether oxygens (including phenoxy) is 1. The van der Waals surface area contributed by atoms with E-state index in [0.29, 0.717) is 5.01 Å². The standard InChI is InChI=1S/C20H18F4N4O3S/c1-10(29)9-31-13-3-14(16(21)15(4-13)18-26-5-11(2)32-18)17(30)25-6-12-7-27-19(28-8-12)20(22,23)24/h3-5,7-8,10,29H,6,9H2,1-2H3,(H,25,30)/t10-/m1/s1. The van der Waals surface area contributed by atoms with E-state index < -0.39 is 29.8 Å². The maximum absolute atomic E-state index is 15.2. The number of nitrogens with zero attached hydrogens (tertiary/aromatic N) is 3. The van der Waals surface area contributed by atoms with Crippen molar-refractivity contribution in [1.29, 1.82) is 0 Å². The molecule has 1 amide bonds. The molecule has 0 bridgehead atoms. The van der Waals surface area contributed by atoms with E-state index in [1.54, 1.807) is 13.1 Å². The predicted octanol–water partition coefficient (Wildman–Crippen LogP) is 3.76. The van der Waals surface area contributed by atoms with Gasteiger partial charge in [0.2, 0.25) is 5.82 Å². The van der Waals surface area contributed by atoms with Crippen LogP contribution in [0.2, 0.25) is 0 Å². The van der Waals surface area contributed by atoms with Crippen molar-refractivity contribution in [3.8, 4) is 16.3 Å². The van der Waals surface area contributed by atoms with E-state index >= 15 is 4.39 Å². The van der Waals surface area contributed by atoms with Crippen LogP contribution in [0, 0.1) is 12.7 Å². The summed E-state index contributed by atoms with van der Waals surface area (Å²) in [7, 11) is 0. The molecule has 0 aliphatic carbocycles. The van der Waals surface area contributed by atoms with Gasteiger partial charge in [-0.05, 0) is 26.0 Å². The summed E-state index contributed by atoms with van der Waals surface area (Å²) in [6.45, 7) is 3.01. The molecule has 1 atom stereocenters. The van der Waals surface area contributed by atoms with Gasteiger partial charge in [-0.2, -0.15) is 13.2 Å². The van der Waals surface area contributed by atoms with Gasteiger partial charge in [0.1, 0.15) is 23.2 Å². The van der Waals surface area contributed by atoms with E-state index in [1.807, 2.05) is 0 Å². The highest BCUT2D eigenvalue weighted by Crippen LogP contribution is 2.33. The number of aliphatic hydroxyl groups excluding tert-OH is 1. The molecule has 0 saturated heterocycles. The van der Waals surface area contributed by atoms with Gasteiger partial charge in [0.05, 0.1) is 17.2 Å². The number of aliphatic hydroxyl groups is 1. The van der Waals surface area contributed by atoms with Crippen LogP contribution in [0.4, 0.5) is 17.6 Å². The first-order chi connectivity index (χ1) is 15.0. The lowest BCUT2D eigenvalue weighted by Crippen LogP contribution is -2.25. The number of aromatic nitrogens is 3. The Morgan fingerprint density at radius 1 is 1.22 bits per heavy atom. The first-order valence-corrected chi connectivity index (χ1v) is 10.1. The third kappa shape index (κ3) is 5.77. The van der Waals surface area contributed by atoms with Crippen molar-refractivity contribution in [1.82, 2.24) is 20.3 Å². The number of rotatable bonds is 7. The zero-order chi connectivity index (χ0) is 23.5. The monoisotopic (exact) mass is 470 g/mol. The van der Waals surface area contributed by atoms with Crippen LogP contribution in [0.5, 0.6) is 5.75 Å². The summed E-state index contributed by atoms with van der Waals surface area (Å²) in [5.74, 6) is -2.80. The number of nitrogens with one attached hydrogen (secondary N) is 1. The van der Waals surface area contributed by atoms with Gasteiger partial charge in [-0.3, -0.25) is 4.79 Å². The van der Waals surface area contributed by atoms with E-state index in [1.165, 1.54) is 30.4 Å². The minimum atomic E-state index is -4.68. The van der Waals surface area contributed by atoms with Crippen LogP contribution < -0.4 is 10.1 Å². The third-order valence-electron chi connectivity index (χ3n) is 4.05. The summed E-state index contributed by atoms with van der Waals surface area (Å²) < 4.78 is 58.3. The Bertz CT molecular complexity index is 1100. The first-order valence-electron chi connectivity index (χ1n) is 9.28. The molecule has 1 aromatic carbocycles. The van der Waals surface area contributed by atoms with Crippen LogP contribution in [-0.4, -0.2) is 38.7 Å². The van der Waals surface area contributed by atoms with E-state index in [2.05, 4.69) is 20.3 Å². The smallest absolute Gasteiger partial charge is 0.451 e. The second kappa shape index (κ2) is 9.57. The Morgan fingerprint density at radius 3 is 2.47 bits per heavy atom. The number of alkyl halides is 3. The zero-order valence-electron chi connectivity index (χ0n) is 16.9. The van der Waals surface area contributed by atoms with E-state index in [0.717, 1.165) is 17.3 Å². The fourth-order valence-corrected chi connectivity index (χ4v) is 3.34. The second-order valence-corrected chi connectivity index (χ2v) is 8.10. The van der Waals surface area contributed by atoms with Crippen molar-refractivity contribution < 1.29 is 32.2 Å². The molecule has 0 aliphatic heterocycles. The second-order valence-electron chi connectivity index (χ2n) is 6.86. The molecule has 2 N–H and O–H groups in total. The van der Waals surface area contributed by atoms with Crippen molar-refractivity contribution in [3.63, 3.8) is 0 Å². The summed E-state index contributed by atoms with van der Waals surface area (Å²) in [5, 5.41) is 12.2. The fourth-order valence-electron chi connectivity index (χ4n) is 2.57. The number of aryl methyl sites for hydroxylation is 1. The van der Waals surface area contributed by atoms with Crippen LogP contribution in [0.1, 0.15) is 33.5 Å². The van der Waals surface area contributed by atoms with E-state index in [-0.39, 0.29) is 35.6 Å². The molecule has 2 heterocycles. The number of hydrogen-bond donors (Lipinski definition) is 2. The van der Waals surface area contributed by atoms with Crippen LogP contribution in [0.3, 0.4) is 0 Å². The molecule has 7 nitrogen and oxygen atoms in total. The molecule has 2 aromatic heterocycles. The normalized spacial score (nSPS) is 12.5. The molecular weight excluding hydrogens is 452 g/mol. The number of benzene rings is 1. The van der Waals surface area contributed by atoms with E-state index in [4.69, 9.17) is 4.74 Å². The van der Waals surface area contributed by atoms with Gasteiger partial charge in [-0.15, -0.1) is 11.3 Å². The molecule has 170 valence electrons. The van der Waals surface area contributed by atoms with Crippen LogP contribution in [0.15, 0.2) is 30.7 Å². The number of halogens is 4. The highest BCUT2D eigenvalue weighted by molar-refractivity contribution is 7.14. The lowest BCUT2D eigenvalue weighted by atomic mass is 10.1. The molecule has 0 spiro atoms. The highest BCUT2D eigenvalue weighted by Gasteiger charge is 2.34. The lowest BCUT2D eigenvalue weighted by molar-refractivity contribution is -0.145. The predicted molar refractivity (Wildman–Crippen MR) is 108 cm³/mol. The van der Waals surface area contributed by atoms with Crippen molar-refractivity contribution in [2.75, 3.05) is 6.61 Å². The lowest BCUT2D eigenvalue weighted by Gasteiger charge is -2.13. The Labute approximate surface area is 184 Å². The van der Waals surface area contributed by atoms with Gasteiger partial charge in [0.25, 0.3) is 5.91 Å². The summed E-state index contributed by atoms with van der Waals surface area (Å²) in [5.41, 5.74) is -0.0953. The molecule has 0 aliphatic rings. The van der Waals surface area contributed by atoms with Gasteiger partial charge in [-0.1, -0.05) is 0 Å². The van der Waals surface area contributed by atoms with Gasteiger partial charge in [0, 0.05) is 35.6 Å². The van der Waals surface area contributed by atoms with Crippen LogP contribution in [0.25, 0.3) is 10.6 Å². The third-order valence-corrected chi connectivity index (χ3v) is 4.99. The SMILES string of the molecule is Cc1cnc(-c2cc(OC[C@@H](C)O)cc(C(=O)NCc3cnc(C(F)(F)F)nc3)c2F)s1. The Hall–Kier alpha value is -3.12. The number of carbonyl (C=O) groups is 1. The zero-order valence-corrected chi connectivity index (χ0v) is 17.7. The van der Waals surface area contributed by atoms with Gasteiger partial charge < -0.3 is 15.2 Å². The molecule has 12 heteroatoms. The van der Waals surface area contributed by atoms with Crippen molar-refractivity contribution >= 4 is 17.2 Å². The molecule has 0 unspecified atom stereocenters. The Morgan fingerprint density at radius 2 is 1.91 bits per heavy atom. The maximum Gasteiger partial charge on any atom is 0.451 e. The number of amides is 1. The van der Waals surface area contributed by atoms with E-state index in [9.17, 15) is 23.1 Å². The van der Waals surface area contributed by atoms with Gasteiger partial charge in [-0.25, -0.2) is 19.3 Å². The average Bonchev–Trinajstić information content (AvgIpc) is 3.16. The molecule has 3 aromatic rings. The summed E-state index contributed by atoms with van der Waals surface area (Å²) in [6, 6.07) is 2.57. The molecule has 0 fully saturated rings. The summed E-state index contributed by atoms with van der Waals surface area (Å²) in [4.78, 5) is 24.1. The van der Waals surface area contributed by atoms with Crippen LogP contribution in [-0.2, 0) is 12.7 Å². The average molecular weight is 470 g/mol. The Kier molecular flexibility index (Phi) is 7.04. The summed E-state index contributed by atoms with van der Waals surface area (Å²) >= 11 is 1.23. The Balaban J connectivity index is 1.84.